The first kappa shape index (κ1) is 15.7. The fraction of sp³-hybridized carbons (Fsp3) is 0.500. The Hall–Kier alpha value is -1.31. The average molecular weight is 286 g/mol. The van der Waals surface area contributed by atoms with E-state index in [9.17, 15) is 8.42 Å². The van der Waals surface area contributed by atoms with Gasteiger partial charge in [-0.15, -0.1) is 0 Å². The third-order valence-corrected chi connectivity index (χ3v) is 3.92. The summed E-state index contributed by atoms with van der Waals surface area (Å²) in [6, 6.07) is 4.91. The Morgan fingerprint density at radius 3 is 2.47 bits per heavy atom. The van der Waals surface area contributed by atoms with Crippen LogP contribution >= 0.6 is 0 Å². The number of nitrogens with zero attached hydrogens (tertiary/aromatic N) is 1. The molecule has 0 heterocycles. The van der Waals surface area contributed by atoms with Crippen LogP contribution in [0, 0.1) is 0 Å². The van der Waals surface area contributed by atoms with Gasteiger partial charge in [0, 0.05) is 19.1 Å². The van der Waals surface area contributed by atoms with Crippen LogP contribution in [0.5, 0.6) is 0 Å². The fourth-order valence-electron chi connectivity index (χ4n) is 1.50. The Labute approximate surface area is 114 Å². The van der Waals surface area contributed by atoms with Crippen LogP contribution in [0.2, 0.25) is 0 Å². The van der Waals surface area contributed by atoms with E-state index in [1.54, 1.807) is 6.07 Å². The summed E-state index contributed by atoms with van der Waals surface area (Å²) in [7, 11) is -1.66. The summed E-state index contributed by atoms with van der Waals surface area (Å²) in [6.07, 6.45) is 0. The number of primary sulfonamides is 1. The van der Waals surface area contributed by atoms with Gasteiger partial charge in [-0.2, -0.15) is 0 Å². The van der Waals surface area contributed by atoms with Crippen LogP contribution in [-0.4, -0.2) is 39.5 Å². The Balaban J connectivity index is 2.66. The molecule has 0 amide bonds. The number of likely N-dealkylation sites (N-methyl/N-ethyl adjacent to an activating group) is 1. The lowest BCUT2D eigenvalue weighted by Crippen LogP contribution is -2.31. The molecule has 0 unspecified atom stereocenters. The van der Waals surface area contributed by atoms with Gasteiger partial charge in [-0.3, -0.25) is 0 Å². The van der Waals surface area contributed by atoms with E-state index >= 15 is 0 Å². The second-order valence-electron chi connectivity index (χ2n) is 4.80. The van der Waals surface area contributed by atoms with Crippen LogP contribution in [0.3, 0.4) is 0 Å². The number of nitrogens with two attached hydrogens (primary N) is 2. The SMILES string of the molecule is CC(C)N(C)CCNc1ccc(S(N)(=O)=O)cc1N. The number of hydrogen-bond acceptors (Lipinski definition) is 5. The molecule has 0 atom stereocenters. The van der Waals surface area contributed by atoms with Gasteiger partial charge >= 0.3 is 0 Å². The maximum absolute atomic E-state index is 11.2. The highest BCUT2D eigenvalue weighted by atomic mass is 32.2. The molecule has 5 N–H and O–H groups in total. The zero-order valence-electron chi connectivity index (χ0n) is 11.6. The predicted molar refractivity (Wildman–Crippen MR) is 78.5 cm³/mol. The summed E-state index contributed by atoms with van der Waals surface area (Å²) in [5.74, 6) is 0. The Kier molecular flexibility index (Phi) is 5.16. The molecule has 108 valence electrons. The molecule has 0 aliphatic carbocycles. The van der Waals surface area contributed by atoms with Crippen LogP contribution in [0.15, 0.2) is 23.1 Å². The number of anilines is 2. The number of benzene rings is 1. The third kappa shape index (κ3) is 4.70. The summed E-state index contributed by atoms with van der Waals surface area (Å²) >= 11 is 0. The van der Waals surface area contributed by atoms with Gasteiger partial charge in [0.1, 0.15) is 0 Å². The van der Waals surface area contributed by atoms with E-state index in [-0.39, 0.29) is 4.90 Å². The molecular formula is C12H22N4O2S. The van der Waals surface area contributed by atoms with Crippen molar-refractivity contribution in [1.82, 2.24) is 4.90 Å². The minimum Gasteiger partial charge on any atom is -0.397 e. The molecule has 0 radical (unpaired) electrons. The van der Waals surface area contributed by atoms with Crippen molar-refractivity contribution in [2.24, 2.45) is 5.14 Å². The first-order valence-corrected chi connectivity index (χ1v) is 7.63. The van der Waals surface area contributed by atoms with Crippen LogP contribution in [0.1, 0.15) is 13.8 Å². The monoisotopic (exact) mass is 286 g/mol. The molecule has 1 rings (SSSR count). The summed E-state index contributed by atoms with van der Waals surface area (Å²) in [5.41, 5.74) is 6.88. The number of rotatable bonds is 6. The van der Waals surface area contributed by atoms with Crippen molar-refractivity contribution in [3.05, 3.63) is 18.2 Å². The van der Waals surface area contributed by atoms with Gasteiger partial charge in [-0.05, 0) is 39.1 Å². The Bertz CT molecular complexity index is 529. The van der Waals surface area contributed by atoms with Gasteiger partial charge in [0.25, 0.3) is 0 Å². The Morgan fingerprint density at radius 1 is 1.37 bits per heavy atom. The zero-order valence-corrected chi connectivity index (χ0v) is 12.4. The summed E-state index contributed by atoms with van der Waals surface area (Å²) in [5, 5.41) is 8.21. The van der Waals surface area contributed by atoms with Crippen molar-refractivity contribution in [2.75, 3.05) is 31.2 Å². The van der Waals surface area contributed by atoms with E-state index < -0.39 is 10.0 Å². The number of hydrogen-bond donors (Lipinski definition) is 3. The lowest BCUT2D eigenvalue weighted by molar-refractivity contribution is 0.284. The highest BCUT2D eigenvalue weighted by Gasteiger charge is 2.10. The predicted octanol–water partition coefficient (Wildman–Crippen LogP) is 0.668. The molecule has 6 nitrogen and oxygen atoms in total. The van der Waals surface area contributed by atoms with E-state index in [1.165, 1.54) is 12.1 Å². The maximum atomic E-state index is 11.2. The van der Waals surface area contributed by atoms with Gasteiger partial charge in [-0.1, -0.05) is 0 Å². The lowest BCUT2D eigenvalue weighted by atomic mass is 10.2. The minimum atomic E-state index is -3.70. The molecule has 19 heavy (non-hydrogen) atoms. The summed E-state index contributed by atoms with van der Waals surface area (Å²) in [6.45, 7) is 5.84. The van der Waals surface area contributed by atoms with E-state index in [2.05, 4.69) is 24.1 Å². The molecule has 7 heteroatoms. The number of sulfonamides is 1. The Morgan fingerprint density at radius 2 is 2.00 bits per heavy atom. The van der Waals surface area contributed by atoms with Crippen molar-refractivity contribution in [3.63, 3.8) is 0 Å². The van der Waals surface area contributed by atoms with Crippen LogP contribution in [0.4, 0.5) is 11.4 Å². The van der Waals surface area contributed by atoms with E-state index in [4.69, 9.17) is 10.9 Å². The third-order valence-electron chi connectivity index (χ3n) is 3.01. The largest absolute Gasteiger partial charge is 0.397 e. The molecule has 0 aromatic heterocycles. The molecule has 0 spiro atoms. The normalized spacial score (nSPS) is 12.1. The van der Waals surface area contributed by atoms with Crippen LogP contribution in [-0.2, 0) is 10.0 Å². The molecule has 1 aromatic rings. The van der Waals surface area contributed by atoms with Crippen LogP contribution in [0.25, 0.3) is 0 Å². The average Bonchev–Trinajstić information content (AvgIpc) is 2.29. The lowest BCUT2D eigenvalue weighted by Gasteiger charge is -2.21. The highest BCUT2D eigenvalue weighted by Crippen LogP contribution is 2.21. The van der Waals surface area contributed by atoms with Gasteiger partial charge in [0.2, 0.25) is 10.0 Å². The first-order chi connectivity index (χ1) is 8.71. The van der Waals surface area contributed by atoms with Crippen molar-refractivity contribution in [1.29, 1.82) is 0 Å². The molecule has 1 aromatic carbocycles. The van der Waals surface area contributed by atoms with E-state index in [1.807, 2.05) is 7.05 Å². The van der Waals surface area contributed by atoms with Crippen molar-refractivity contribution >= 4 is 21.4 Å². The molecule has 0 fully saturated rings. The molecule has 0 aliphatic heterocycles. The van der Waals surface area contributed by atoms with Crippen LogP contribution < -0.4 is 16.2 Å². The summed E-state index contributed by atoms with van der Waals surface area (Å²) < 4.78 is 22.3. The van der Waals surface area contributed by atoms with Crippen molar-refractivity contribution < 1.29 is 8.42 Å². The van der Waals surface area contributed by atoms with E-state index in [0.717, 1.165) is 13.1 Å². The quantitative estimate of drug-likeness (QED) is 0.667. The molecule has 0 saturated heterocycles. The number of nitrogens with one attached hydrogen (secondary N) is 1. The second kappa shape index (κ2) is 6.23. The van der Waals surface area contributed by atoms with Gasteiger partial charge in [0.05, 0.1) is 16.3 Å². The molecular weight excluding hydrogens is 264 g/mol. The second-order valence-corrected chi connectivity index (χ2v) is 6.36. The topological polar surface area (TPSA) is 101 Å². The van der Waals surface area contributed by atoms with Crippen molar-refractivity contribution in [3.8, 4) is 0 Å². The molecule has 0 saturated carbocycles. The standard InChI is InChI=1S/C12H22N4O2S/c1-9(2)16(3)7-6-15-12-5-4-10(8-11(12)13)19(14,17)18/h4-5,8-9,15H,6-7,13H2,1-3H3,(H2,14,17,18). The molecule has 0 aliphatic rings. The first-order valence-electron chi connectivity index (χ1n) is 6.08. The van der Waals surface area contributed by atoms with Gasteiger partial charge in [-0.25, -0.2) is 13.6 Å². The van der Waals surface area contributed by atoms with Gasteiger partial charge in [0.15, 0.2) is 0 Å². The smallest absolute Gasteiger partial charge is 0.238 e. The maximum Gasteiger partial charge on any atom is 0.238 e. The molecule has 0 bridgehead atoms. The van der Waals surface area contributed by atoms with Crippen molar-refractivity contribution in [2.45, 2.75) is 24.8 Å². The fourth-order valence-corrected chi connectivity index (χ4v) is 2.05. The minimum absolute atomic E-state index is 0.0230. The number of nitrogen functional groups attached to an aromatic ring is 1. The van der Waals surface area contributed by atoms with Gasteiger partial charge < -0.3 is 16.0 Å². The zero-order chi connectivity index (χ0) is 14.6. The van der Waals surface area contributed by atoms with E-state index in [0.29, 0.717) is 17.4 Å². The summed E-state index contributed by atoms with van der Waals surface area (Å²) in [4.78, 5) is 2.22. The highest BCUT2D eigenvalue weighted by molar-refractivity contribution is 7.89.